The van der Waals surface area contributed by atoms with E-state index in [9.17, 15) is 19.7 Å². The smallest absolute Gasteiger partial charge is 0.271 e. The van der Waals surface area contributed by atoms with E-state index in [1.165, 1.54) is 18.2 Å². The van der Waals surface area contributed by atoms with Gasteiger partial charge in [0.15, 0.2) is 0 Å². The molecule has 128 valence electrons. The lowest BCUT2D eigenvalue weighted by Gasteiger charge is -2.23. The normalized spacial score (nSPS) is 21.3. The van der Waals surface area contributed by atoms with Crippen molar-refractivity contribution in [3.8, 4) is 0 Å². The number of benzene rings is 1. The summed E-state index contributed by atoms with van der Waals surface area (Å²) in [4.78, 5) is 36.7. The number of carbonyl (C=O) groups excluding carboxylic acids is 2. The number of carbonyl (C=O) groups is 2. The minimum Gasteiger partial charge on any atom is -0.339 e. The molecule has 3 rings (SSSR count). The van der Waals surface area contributed by atoms with Gasteiger partial charge in [0.05, 0.1) is 21.6 Å². The van der Waals surface area contributed by atoms with Crippen molar-refractivity contribution in [3.05, 3.63) is 33.3 Å². The van der Waals surface area contributed by atoms with Crippen LogP contribution >= 0.6 is 11.6 Å². The van der Waals surface area contributed by atoms with E-state index in [2.05, 4.69) is 5.32 Å². The molecule has 1 aromatic rings. The highest BCUT2D eigenvalue weighted by Gasteiger charge is 2.38. The highest BCUT2D eigenvalue weighted by atomic mass is 35.5. The number of nitrogens with one attached hydrogen (secondary N) is 1. The predicted molar refractivity (Wildman–Crippen MR) is 88.8 cm³/mol. The van der Waals surface area contributed by atoms with Gasteiger partial charge in [-0.05, 0) is 18.9 Å². The molecule has 0 aromatic heterocycles. The summed E-state index contributed by atoms with van der Waals surface area (Å²) in [6, 6.07) is 4.13. The number of halogens is 1. The molecule has 7 nitrogen and oxygen atoms in total. The van der Waals surface area contributed by atoms with Crippen molar-refractivity contribution >= 4 is 34.8 Å². The minimum atomic E-state index is -0.549. The third-order valence-corrected chi connectivity index (χ3v) is 5.04. The third-order valence-electron chi connectivity index (χ3n) is 4.71. The van der Waals surface area contributed by atoms with E-state index in [-0.39, 0.29) is 40.7 Å². The molecule has 24 heavy (non-hydrogen) atoms. The lowest BCUT2D eigenvalue weighted by Crippen LogP contribution is -2.35. The Morgan fingerprint density at radius 3 is 2.71 bits per heavy atom. The van der Waals surface area contributed by atoms with Gasteiger partial charge < -0.3 is 10.2 Å². The molecule has 2 aliphatic rings. The van der Waals surface area contributed by atoms with Gasteiger partial charge in [-0.15, -0.1) is 0 Å². The van der Waals surface area contributed by atoms with Crippen molar-refractivity contribution in [2.75, 3.05) is 11.9 Å². The summed E-state index contributed by atoms with van der Waals surface area (Å²) in [7, 11) is 0. The maximum atomic E-state index is 12.4. The van der Waals surface area contributed by atoms with E-state index in [0.717, 1.165) is 25.7 Å². The number of nitro groups is 1. The van der Waals surface area contributed by atoms with Crippen LogP contribution in [0.1, 0.15) is 32.1 Å². The molecule has 1 aliphatic carbocycles. The van der Waals surface area contributed by atoms with Crippen LogP contribution in [0.25, 0.3) is 0 Å². The van der Waals surface area contributed by atoms with Gasteiger partial charge in [0.25, 0.3) is 5.69 Å². The SMILES string of the molecule is O=C(Nc1cc([N+](=O)[O-])ccc1Cl)[C@H]1CC(=O)N(C2CCCC2)C1. The van der Waals surface area contributed by atoms with Crippen LogP contribution in [0.15, 0.2) is 18.2 Å². The standard InChI is InChI=1S/C16H18ClN3O4/c17-13-6-5-12(20(23)24)8-14(13)18-16(22)10-7-15(21)19(9-10)11-3-1-2-4-11/h5-6,8,10-11H,1-4,7,9H2,(H,18,22)/t10-/m0/s1. The van der Waals surface area contributed by atoms with Crippen molar-refractivity contribution in [2.45, 2.75) is 38.1 Å². The molecule has 2 amide bonds. The molecule has 1 aliphatic heterocycles. The van der Waals surface area contributed by atoms with E-state index in [1.807, 2.05) is 4.90 Å². The van der Waals surface area contributed by atoms with E-state index >= 15 is 0 Å². The summed E-state index contributed by atoms with van der Waals surface area (Å²) in [5.74, 6) is -0.771. The number of nitro benzene ring substituents is 1. The van der Waals surface area contributed by atoms with E-state index in [1.54, 1.807) is 0 Å². The van der Waals surface area contributed by atoms with Gasteiger partial charge in [-0.3, -0.25) is 19.7 Å². The number of amides is 2. The largest absolute Gasteiger partial charge is 0.339 e. The molecule has 1 heterocycles. The van der Waals surface area contributed by atoms with Crippen LogP contribution in [0.5, 0.6) is 0 Å². The Kier molecular flexibility index (Phi) is 4.71. The number of likely N-dealkylation sites (tertiary alicyclic amines) is 1. The second-order valence-corrected chi connectivity index (χ2v) is 6.70. The Labute approximate surface area is 144 Å². The highest BCUT2D eigenvalue weighted by Crippen LogP contribution is 2.31. The predicted octanol–water partition coefficient (Wildman–Crippen LogP) is 2.98. The van der Waals surface area contributed by atoms with Crippen LogP contribution in [0.2, 0.25) is 5.02 Å². The first-order chi connectivity index (χ1) is 11.5. The Morgan fingerprint density at radius 2 is 2.04 bits per heavy atom. The number of hydrogen-bond donors (Lipinski definition) is 1. The Bertz CT molecular complexity index is 688. The molecule has 1 saturated heterocycles. The van der Waals surface area contributed by atoms with Crippen LogP contribution in [-0.2, 0) is 9.59 Å². The van der Waals surface area contributed by atoms with E-state index < -0.39 is 10.8 Å². The number of non-ortho nitro benzene ring substituents is 1. The maximum absolute atomic E-state index is 12.4. The lowest BCUT2D eigenvalue weighted by molar-refractivity contribution is -0.384. The summed E-state index contributed by atoms with van der Waals surface area (Å²) in [6.45, 7) is 0.405. The average Bonchev–Trinajstić information content (AvgIpc) is 3.18. The van der Waals surface area contributed by atoms with Crippen LogP contribution < -0.4 is 5.32 Å². The molecule has 0 unspecified atom stereocenters. The molecular weight excluding hydrogens is 334 g/mol. The summed E-state index contributed by atoms with van der Waals surface area (Å²) >= 11 is 6.00. The number of rotatable bonds is 4. The van der Waals surface area contributed by atoms with Crippen molar-refractivity contribution in [1.82, 2.24) is 4.90 Å². The highest BCUT2D eigenvalue weighted by molar-refractivity contribution is 6.33. The summed E-state index contributed by atoms with van der Waals surface area (Å²) < 4.78 is 0. The fourth-order valence-electron chi connectivity index (χ4n) is 3.43. The zero-order valence-corrected chi connectivity index (χ0v) is 13.8. The first-order valence-electron chi connectivity index (χ1n) is 8.00. The monoisotopic (exact) mass is 351 g/mol. The molecule has 1 aromatic carbocycles. The van der Waals surface area contributed by atoms with Gasteiger partial charge in [-0.2, -0.15) is 0 Å². The summed E-state index contributed by atoms with van der Waals surface area (Å²) in [5.41, 5.74) is 0.0485. The Morgan fingerprint density at radius 1 is 1.33 bits per heavy atom. The maximum Gasteiger partial charge on any atom is 0.271 e. The molecule has 1 atom stereocenters. The van der Waals surface area contributed by atoms with Crippen molar-refractivity contribution in [3.63, 3.8) is 0 Å². The zero-order valence-electron chi connectivity index (χ0n) is 13.0. The summed E-state index contributed by atoms with van der Waals surface area (Å²) in [5, 5.41) is 13.7. The van der Waals surface area contributed by atoms with E-state index in [0.29, 0.717) is 6.54 Å². The van der Waals surface area contributed by atoms with Crippen molar-refractivity contribution < 1.29 is 14.5 Å². The van der Waals surface area contributed by atoms with Crippen molar-refractivity contribution in [2.24, 2.45) is 5.92 Å². The molecule has 1 N–H and O–H groups in total. The van der Waals surface area contributed by atoms with E-state index in [4.69, 9.17) is 11.6 Å². The molecular formula is C16H18ClN3O4. The van der Waals surface area contributed by atoms with Crippen LogP contribution in [0.4, 0.5) is 11.4 Å². The second-order valence-electron chi connectivity index (χ2n) is 6.30. The van der Waals surface area contributed by atoms with Gasteiger partial charge in [0.1, 0.15) is 0 Å². The Hall–Kier alpha value is -2.15. The first kappa shape index (κ1) is 16.7. The minimum absolute atomic E-state index is 0.00666. The van der Waals surface area contributed by atoms with Gasteiger partial charge in [-0.1, -0.05) is 24.4 Å². The first-order valence-corrected chi connectivity index (χ1v) is 8.38. The van der Waals surface area contributed by atoms with Crippen LogP contribution in [0, 0.1) is 16.0 Å². The second kappa shape index (κ2) is 6.76. The molecule has 8 heteroatoms. The molecule has 0 spiro atoms. The fourth-order valence-corrected chi connectivity index (χ4v) is 3.60. The Balaban J connectivity index is 1.68. The number of anilines is 1. The van der Waals surface area contributed by atoms with Crippen LogP contribution in [0.3, 0.4) is 0 Å². The quantitative estimate of drug-likeness (QED) is 0.666. The van der Waals surface area contributed by atoms with Gasteiger partial charge in [0, 0.05) is 31.1 Å². The zero-order chi connectivity index (χ0) is 17.3. The topological polar surface area (TPSA) is 92.5 Å². The van der Waals surface area contributed by atoms with Gasteiger partial charge in [0.2, 0.25) is 11.8 Å². The van der Waals surface area contributed by atoms with Crippen LogP contribution in [-0.4, -0.2) is 34.2 Å². The van der Waals surface area contributed by atoms with Gasteiger partial charge >= 0.3 is 0 Å². The van der Waals surface area contributed by atoms with Gasteiger partial charge in [-0.25, -0.2) is 0 Å². The number of hydrogen-bond acceptors (Lipinski definition) is 4. The fraction of sp³-hybridized carbons (Fsp3) is 0.500. The lowest BCUT2D eigenvalue weighted by atomic mass is 10.1. The molecule has 0 bridgehead atoms. The van der Waals surface area contributed by atoms with Crippen molar-refractivity contribution in [1.29, 1.82) is 0 Å². The molecule has 2 fully saturated rings. The average molecular weight is 352 g/mol. The number of nitrogens with zero attached hydrogens (tertiary/aromatic N) is 2. The molecule has 1 saturated carbocycles. The summed E-state index contributed by atoms with van der Waals surface area (Å²) in [6.07, 6.45) is 4.41. The third kappa shape index (κ3) is 3.36. The molecule has 0 radical (unpaired) electrons.